The highest BCUT2D eigenvalue weighted by molar-refractivity contribution is 9.10. The number of anilines is 1. The van der Waals surface area contributed by atoms with E-state index < -0.39 is 0 Å². The first-order valence-electron chi connectivity index (χ1n) is 9.14. The maximum absolute atomic E-state index is 12.3. The van der Waals surface area contributed by atoms with E-state index in [1.807, 2.05) is 42.5 Å². The summed E-state index contributed by atoms with van der Waals surface area (Å²) in [6, 6.07) is 15.0. The lowest BCUT2D eigenvalue weighted by Crippen LogP contribution is -2.12. The molecule has 0 unspecified atom stereocenters. The number of thiophene rings is 1. The topological polar surface area (TPSA) is 81.4 Å². The van der Waals surface area contributed by atoms with Crippen LogP contribution in [0.5, 0.6) is 0 Å². The minimum atomic E-state index is -0.366. The van der Waals surface area contributed by atoms with Crippen molar-refractivity contribution in [3.8, 4) is 11.3 Å². The lowest BCUT2D eigenvalue weighted by Gasteiger charge is -2.04. The van der Waals surface area contributed by atoms with Crippen LogP contribution in [0.1, 0.15) is 22.0 Å². The van der Waals surface area contributed by atoms with Crippen LogP contribution in [0.25, 0.3) is 21.4 Å². The third kappa shape index (κ3) is 4.60. The Hall–Kier alpha value is -2.97. The van der Waals surface area contributed by atoms with E-state index in [1.165, 1.54) is 18.4 Å². The Morgan fingerprint density at radius 1 is 1.17 bits per heavy atom. The summed E-state index contributed by atoms with van der Waals surface area (Å²) in [5.41, 5.74) is 1.60. The van der Waals surface area contributed by atoms with Gasteiger partial charge in [0.25, 0.3) is 0 Å². The molecule has 0 atom stereocenters. The second-order valence-electron chi connectivity index (χ2n) is 6.53. The minimum Gasteiger partial charge on any atom is -0.465 e. The van der Waals surface area contributed by atoms with E-state index in [9.17, 15) is 9.59 Å². The summed E-state index contributed by atoms with van der Waals surface area (Å²) in [6.45, 7) is 0. The molecule has 6 nitrogen and oxygen atoms in total. The number of oxazole rings is 1. The number of carbonyl (C=O) groups is 2. The summed E-state index contributed by atoms with van der Waals surface area (Å²) in [6.07, 6.45) is 2.31. The summed E-state index contributed by atoms with van der Waals surface area (Å²) in [4.78, 5) is 28.8. The molecule has 4 aromatic rings. The summed E-state index contributed by atoms with van der Waals surface area (Å²) in [5.74, 6) is 0.678. The molecule has 1 N–H and O–H groups in total. The molecule has 0 spiro atoms. The molecule has 0 fully saturated rings. The van der Waals surface area contributed by atoms with Crippen molar-refractivity contribution in [3.63, 3.8) is 0 Å². The average molecular weight is 485 g/mol. The van der Waals surface area contributed by atoms with Gasteiger partial charge >= 0.3 is 5.97 Å². The quantitative estimate of drug-likeness (QED) is 0.356. The number of hydrogen-bond donors (Lipinski definition) is 1. The molecule has 0 saturated heterocycles. The van der Waals surface area contributed by atoms with Crippen molar-refractivity contribution >= 4 is 54.9 Å². The Labute approximate surface area is 185 Å². The fourth-order valence-electron chi connectivity index (χ4n) is 2.94. The largest absolute Gasteiger partial charge is 0.465 e. The summed E-state index contributed by atoms with van der Waals surface area (Å²) >= 11 is 4.76. The van der Waals surface area contributed by atoms with Gasteiger partial charge in [-0.05, 0) is 41.8 Å². The fraction of sp³-hybridized carbons (Fsp3) is 0.136. The van der Waals surface area contributed by atoms with Crippen molar-refractivity contribution in [2.45, 2.75) is 12.8 Å². The Morgan fingerprint density at radius 3 is 2.73 bits per heavy atom. The molecule has 0 aliphatic carbocycles. The number of methoxy groups -OCH3 is 1. The number of aryl methyl sites for hydroxylation is 1. The number of esters is 1. The van der Waals surface area contributed by atoms with E-state index in [0.717, 1.165) is 20.1 Å². The molecular weight excluding hydrogens is 468 g/mol. The van der Waals surface area contributed by atoms with Gasteiger partial charge in [0.05, 0.1) is 13.3 Å². The summed E-state index contributed by atoms with van der Waals surface area (Å²) < 4.78 is 12.5. The zero-order valence-corrected chi connectivity index (χ0v) is 18.4. The van der Waals surface area contributed by atoms with Crippen LogP contribution in [0.15, 0.2) is 63.6 Å². The number of ether oxygens (including phenoxy) is 1. The predicted molar refractivity (Wildman–Crippen MR) is 120 cm³/mol. The number of amides is 1. The molecule has 1 amide bonds. The van der Waals surface area contributed by atoms with E-state index in [2.05, 4.69) is 26.2 Å². The first kappa shape index (κ1) is 20.3. The lowest BCUT2D eigenvalue weighted by atomic mass is 10.2. The van der Waals surface area contributed by atoms with Crippen molar-refractivity contribution in [3.05, 3.63) is 70.0 Å². The number of carbonyl (C=O) groups excluding carboxylic acids is 2. The maximum Gasteiger partial charge on any atom is 0.348 e. The van der Waals surface area contributed by atoms with Gasteiger partial charge in [0.1, 0.15) is 4.88 Å². The van der Waals surface area contributed by atoms with Gasteiger partial charge in [0.15, 0.2) is 11.7 Å². The highest BCUT2D eigenvalue weighted by atomic mass is 79.9. The SMILES string of the molecule is COC(=O)c1cc2cc(NC(=O)CCc3ncc(-c4ccc(Br)cc4)o3)ccc2s1. The van der Waals surface area contributed by atoms with Gasteiger partial charge < -0.3 is 14.5 Å². The average Bonchev–Trinajstić information content (AvgIpc) is 3.39. The Kier molecular flexibility index (Phi) is 5.96. The van der Waals surface area contributed by atoms with E-state index in [-0.39, 0.29) is 18.3 Å². The van der Waals surface area contributed by atoms with E-state index in [4.69, 9.17) is 9.15 Å². The van der Waals surface area contributed by atoms with Gasteiger partial charge in [-0.1, -0.05) is 28.1 Å². The van der Waals surface area contributed by atoms with Crippen LogP contribution in [-0.4, -0.2) is 24.0 Å². The molecule has 4 rings (SSSR count). The monoisotopic (exact) mass is 484 g/mol. The molecule has 8 heteroatoms. The first-order chi connectivity index (χ1) is 14.5. The van der Waals surface area contributed by atoms with Gasteiger partial charge in [-0.25, -0.2) is 9.78 Å². The highest BCUT2D eigenvalue weighted by Crippen LogP contribution is 2.29. The smallest absolute Gasteiger partial charge is 0.348 e. The van der Waals surface area contributed by atoms with Gasteiger partial charge in [0, 0.05) is 33.3 Å². The third-order valence-corrected chi connectivity index (χ3v) is 6.06. The van der Waals surface area contributed by atoms with E-state index >= 15 is 0 Å². The van der Waals surface area contributed by atoms with Crippen molar-refractivity contribution < 1.29 is 18.7 Å². The lowest BCUT2D eigenvalue weighted by molar-refractivity contribution is -0.116. The van der Waals surface area contributed by atoms with Crippen LogP contribution in [0.4, 0.5) is 5.69 Å². The van der Waals surface area contributed by atoms with Gasteiger partial charge in [-0.15, -0.1) is 11.3 Å². The molecule has 152 valence electrons. The van der Waals surface area contributed by atoms with Crippen LogP contribution in [0.2, 0.25) is 0 Å². The van der Waals surface area contributed by atoms with Crippen LogP contribution in [0, 0.1) is 0 Å². The number of halogens is 1. The van der Waals surface area contributed by atoms with Gasteiger partial charge in [-0.3, -0.25) is 4.79 Å². The zero-order valence-electron chi connectivity index (χ0n) is 16.0. The van der Waals surface area contributed by atoms with Gasteiger partial charge in [0.2, 0.25) is 5.91 Å². The normalized spacial score (nSPS) is 10.9. The molecule has 2 heterocycles. The number of hydrogen-bond acceptors (Lipinski definition) is 6. The second kappa shape index (κ2) is 8.81. The van der Waals surface area contributed by atoms with Crippen LogP contribution < -0.4 is 5.32 Å². The number of aromatic nitrogens is 1. The van der Waals surface area contributed by atoms with E-state index in [1.54, 1.807) is 12.3 Å². The molecule has 2 aromatic carbocycles. The predicted octanol–water partition coefficient (Wildman–Crippen LogP) is 5.68. The number of fused-ring (bicyclic) bond motifs is 1. The molecule has 0 bridgehead atoms. The molecule has 30 heavy (non-hydrogen) atoms. The number of benzene rings is 2. The number of rotatable bonds is 6. The molecular formula is C22H17BrN2O4S. The molecule has 0 radical (unpaired) electrons. The van der Waals surface area contributed by atoms with Crippen LogP contribution in [-0.2, 0) is 16.0 Å². The maximum atomic E-state index is 12.3. The minimum absolute atomic E-state index is 0.138. The second-order valence-corrected chi connectivity index (χ2v) is 8.53. The fourth-order valence-corrected chi connectivity index (χ4v) is 4.17. The molecule has 0 saturated carbocycles. The van der Waals surface area contributed by atoms with Gasteiger partial charge in [-0.2, -0.15) is 0 Å². The van der Waals surface area contributed by atoms with Crippen molar-refractivity contribution in [1.29, 1.82) is 0 Å². The third-order valence-electron chi connectivity index (χ3n) is 4.43. The van der Waals surface area contributed by atoms with E-state index in [0.29, 0.717) is 28.6 Å². The molecule has 0 aliphatic rings. The van der Waals surface area contributed by atoms with Crippen LogP contribution >= 0.6 is 27.3 Å². The zero-order chi connectivity index (χ0) is 21.1. The number of nitrogens with one attached hydrogen (secondary N) is 1. The first-order valence-corrected chi connectivity index (χ1v) is 10.7. The Morgan fingerprint density at radius 2 is 1.97 bits per heavy atom. The van der Waals surface area contributed by atoms with Crippen molar-refractivity contribution in [2.75, 3.05) is 12.4 Å². The number of nitrogens with zero attached hydrogens (tertiary/aromatic N) is 1. The highest BCUT2D eigenvalue weighted by Gasteiger charge is 2.12. The Bertz CT molecular complexity index is 1210. The standard InChI is InChI=1S/C22H17BrN2O4S/c1-28-22(27)19-11-14-10-16(6-7-18(14)30-19)25-20(26)8-9-21-24-12-17(29-21)13-2-4-15(23)5-3-13/h2-7,10-12H,8-9H2,1H3,(H,25,26). The molecule has 0 aliphatic heterocycles. The van der Waals surface area contributed by atoms with Crippen molar-refractivity contribution in [1.82, 2.24) is 4.98 Å². The van der Waals surface area contributed by atoms with Crippen LogP contribution in [0.3, 0.4) is 0 Å². The summed E-state index contributed by atoms with van der Waals surface area (Å²) in [5, 5.41) is 3.76. The van der Waals surface area contributed by atoms with Crippen molar-refractivity contribution in [2.24, 2.45) is 0 Å². The molecule has 2 aromatic heterocycles. The Balaban J connectivity index is 1.37. The summed E-state index contributed by atoms with van der Waals surface area (Å²) in [7, 11) is 1.36.